The van der Waals surface area contributed by atoms with Crippen LogP contribution < -0.4 is 26.6 Å². The number of para-hydroxylation sites is 1. The number of hydrogen-bond donors (Lipinski definition) is 0. The average Bonchev–Trinajstić information content (AvgIpc) is 2.71. The number of ether oxygens (including phenoxy) is 1. The van der Waals surface area contributed by atoms with Crippen molar-refractivity contribution in [2.24, 2.45) is 7.05 Å². The molecule has 1 unspecified atom stereocenters. The SMILES string of the molecule is Cc1c2c(cc[n+]1C)C=CC1(O2)N(C)c2ccccc2C1(C)C.[Cl-]. The molecule has 4 rings (SSSR count). The summed E-state index contributed by atoms with van der Waals surface area (Å²) in [5, 5.41) is 0. The van der Waals surface area contributed by atoms with Crippen LogP contribution >= 0.6 is 0 Å². The van der Waals surface area contributed by atoms with Crippen LogP contribution in [0.4, 0.5) is 5.69 Å². The highest BCUT2D eigenvalue weighted by molar-refractivity contribution is 5.71. The van der Waals surface area contributed by atoms with Crippen LogP contribution in [0.25, 0.3) is 6.08 Å². The van der Waals surface area contributed by atoms with Gasteiger partial charge in [0.2, 0.25) is 11.4 Å². The molecular formula is C20H23ClN2O. The average molecular weight is 343 g/mol. The van der Waals surface area contributed by atoms with E-state index in [2.05, 4.69) is 93.0 Å². The Morgan fingerprint density at radius 3 is 2.54 bits per heavy atom. The van der Waals surface area contributed by atoms with Gasteiger partial charge in [-0.2, -0.15) is 0 Å². The highest BCUT2D eigenvalue weighted by atomic mass is 35.5. The first-order valence-electron chi connectivity index (χ1n) is 8.09. The molecular weight excluding hydrogens is 320 g/mol. The molecule has 0 saturated carbocycles. The molecule has 2 aliphatic rings. The molecule has 0 fully saturated rings. The van der Waals surface area contributed by atoms with E-state index >= 15 is 0 Å². The third-order valence-corrected chi connectivity index (χ3v) is 5.68. The van der Waals surface area contributed by atoms with Gasteiger partial charge in [-0.05, 0) is 37.6 Å². The molecule has 126 valence electrons. The highest BCUT2D eigenvalue weighted by Crippen LogP contribution is 2.54. The lowest BCUT2D eigenvalue weighted by Crippen LogP contribution is -3.00. The van der Waals surface area contributed by atoms with Crippen LogP contribution in [-0.4, -0.2) is 12.8 Å². The summed E-state index contributed by atoms with van der Waals surface area (Å²) < 4.78 is 8.83. The Kier molecular flexibility index (Phi) is 3.68. The topological polar surface area (TPSA) is 16.4 Å². The Hall–Kier alpha value is -2.00. The minimum absolute atomic E-state index is 0. The van der Waals surface area contributed by atoms with Crippen molar-refractivity contribution < 1.29 is 21.7 Å². The van der Waals surface area contributed by atoms with Crippen LogP contribution in [0.1, 0.15) is 30.7 Å². The molecule has 4 heteroatoms. The first kappa shape index (κ1) is 16.8. The number of aromatic nitrogens is 1. The van der Waals surface area contributed by atoms with Crippen molar-refractivity contribution in [2.75, 3.05) is 11.9 Å². The maximum atomic E-state index is 6.72. The summed E-state index contributed by atoms with van der Waals surface area (Å²) in [7, 11) is 4.18. The quantitative estimate of drug-likeness (QED) is 0.643. The van der Waals surface area contributed by atoms with Gasteiger partial charge < -0.3 is 22.0 Å². The standard InChI is InChI=1S/C20H23N2O.ClH/c1-14-18-15(11-13-21(14)4)10-12-20(23-18)19(2,3)16-8-6-7-9-17(16)22(20)5;/h6-13H,1-5H3;1H/q+1;/p-1. The van der Waals surface area contributed by atoms with Gasteiger partial charge in [-0.15, -0.1) is 0 Å². The van der Waals surface area contributed by atoms with Crippen LogP contribution in [0, 0.1) is 6.92 Å². The minimum Gasteiger partial charge on any atom is -1.00 e. The van der Waals surface area contributed by atoms with Crippen molar-refractivity contribution in [3.63, 3.8) is 0 Å². The first-order valence-corrected chi connectivity index (χ1v) is 8.09. The van der Waals surface area contributed by atoms with Gasteiger partial charge in [-0.1, -0.05) is 18.2 Å². The number of anilines is 1. The molecule has 24 heavy (non-hydrogen) atoms. The second-order valence-corrected chi connectivity index (χ2v) is 7.13. The summed E-state index contributed by atoms with van der Waals surface area (Å²) in [5.74, 6) is 0.977. The maximum Gasteiger partial charge on any atom is 0.221 e. The van der Waals surface area contributed by atoms with E-state index in [9.17, 15) is 0 Å². The Labute approximate surface area is 150 Å². The number of rotatable bonds is 0. The van der Waals surface area contributed by atoms with E-state index in [1.807, 2.05) is 0 Å². The summed E-state index contributed by atoms with van der Waals surface area (Å²) in [4.78, 5) is 2.27. The van der Waals surface area contributed by atoms with Crippen molar-refractivity contribution in [1.82, 2.24) is 0 Å². The molecule has 1 atom stereocenters. The molecule has 0 radical (unpaired) electrons. The second kappa shape index (κ2) is 5.25. The van der Waals surface area contributed by atoms with Crippen molar-refractivity contribution in [1.29, 1.82) is 0 Å². The van der Waals surface area contributed by atoms with Gasteiger partial charge in [0.05, 0.1) is 5.41 Å². The van der Waals surface area contributed by atoms with Gasteiger partial charge in [0.15, 0.2) is 11.9 Å². The zero-order valence-electron chi connectivity index (χ0n) is 14.8. The molecule has 2 aromatic rings. The van der Waals surface area contributed by atoms with Crippen molar-refractivity contribution >= 4 is 11.8 Å². The van der Waals surface area contributed by atoms with E-state index in [-0.39, 0.29) is 17.8 Å². The third-order valence-electron chi connectivity index (χ3n) is 5.68. The van der Waals surface area contributed by atoms with Crippen molar-refractivity contribution in [3.8, 4) is 5.75 Å². The van der Waals surface area contributed by atoms with E-state index in [1.165, 1.54) is 11.3 Å². The monoisotopic (exact) mass is 342 g/mol. The Bertz CT molecular complexity index is 844. The molecule has 0 saturated heterocycles. The predicted molar refractivity (Wildman–Crippen MR) is 92.6 cm³/mol. The number of hydrogen-bond acceptors (Lipinski definition) is 2. The van der Waals surface area contributed by atoms with Gasteiger partial charge in [-0.3, -0.25) is 0 Å². The minimum atomic E-state index is -0.497. The van der Waals surface area contributed by atoms with Crippen LogP contribution in [0.3, 0.4) is 0 Å². The molecule has 3 heterocycles. The Morgan fingerprint density at radius 1 is 1.12 bits per heavy atom. The predicted octanol–water partition coefficient (Wildman–Crippen LogP) is 0.353. The number of nitrogens with zero attached hydrogens (tertiary/aromatic N) is 2. The smallest absolute Gasteiger partial charge is 0.221 e. The number of likely N-dealkylation sites (N-methyl/N-ethyl adjacent to an activating group) is 1. The zero-order chi connectivity index (χ0) is 16.4. The van der Waals surface area contributed by atoms with Gasteiger partial charge in [0.25, 0.3) is 0 Å². The summed E-state index contributed by atoms with van der Waals surface area (Å²) in [6.45, 7) is 6.65. The lowest BCUT2D eigenvalue weighted by molar-refractivity contribution is -0.678. The van der Waals surface area contributed by atoms with Crippen LogP contribution in [0.15, 0.2) is 42.6 Å². The van der Waals surface area contributed by atoms with Gasteiger partial charge in [0.1, 0.15) is 7.05 Å². The Balaban J connectivity index is 0.00000169. The maximum absolute atomic E-state index is 6.72. The number of halogens is 1. The zero-order valence-corrected chi connectivity index (χ0v) is 15.6. The molecule has 1 spiro atoms. The molecule has 3 nitrogen and oxygen atoms in total. The fourth-order valence-corrected chi connectivity index (χ4v) is 4.01. The molecule has 2 aliphatic heterocycles. The van der Waals surface area contributed by atoms with Gasteiger partial charge in [-0.25, -0.2) is 4.57 Å². The summed E-state index contributed by atoms with van der Waals surface area (Å²) in [6, 6.07) is 10.7. The second-order valence-electron chi connectivity index (χ2n) is 7.13. The third kappa shape index (κ3) is 1.88. The van der Waals surface area contributed by atoms with E-state index in [0.29, 0.717) is 0 Å². The molecule has 1 aromatic carbocycles. The van der Waals surface area contributed by atoms with E-state index in [1.54, 1.807) is 0 Å². The number of pyridine rings is 1. The normalized spacial score (nSPS) is 22.6. The highest BCUT2D eigenvalue weighted by Gasteiger charge is 2.58. The largest absolute Gasteiger partial charge is 1.00 e. The van der Waals surface area contributed by atoms with Gasteiger partial charge in [0, 0.05) is 31.3 Å². The van der Waals surface area contributed by atoms with Crippen molar-refractivity contribution in [3.05, 3.63) is 59.4 Å². The summed E-state index contributed by atoms with van der Waals surface area (Å²) in [6.07, 6.45) is 6.50. The van der Waals surface area contributed by atoms with E-state index in [0.717, 1.165) is 17.0 Å². The van der Waals surface area contributed by atoms with Crippen LogP contribution in [-0.2, 0) is 12.5 Å². The number of aryl methyl sites for hydroxylation is 1. The van der Waals surface area contributed by atoms with E-state index in [4.69, 9.17) is 4.74 Å². The summed E-state index contributed by atoms with van der Waals surface area (Å²) in [5.41, 5.74) is 4.21. The first-order chi connectivity index (χ1) is 10.9. The Morgan fingerprint density at radius 2 is 1.83 bits per heavy atom. The lowest BCUT2D eigenvalue weighted by atomic mass is 9.76. The molecule has 1 aromatic heterocycles. The van der Waals surface area contributed by atoms with Crippen LogP contribution in [0.2, 0.25) is 0 Å². The lowest BCUT2D eigenvalue weighted by Gasteiger charge is -2.45. The fraction of sp³-hybridized carbons (Fsp3) is 0.350. The molecule has 0 amide bonds. The molecule has 0 N–H and O–H groups in total. The molecule has 0 bridgehead atoms. The fourth-order valence-electron chi connectivity index (χ4n) is 4.01. The molecule has 0 aliphatic carbocycles. The van der Waals surface area contributed by atoms with Crippen molar-refractivity contribution in [2.45, 2.75) is 31.9 Å². The van der Waals surface area contributed by atoms with Gasteiger partial charge >= 0.3 is 0 Å². The van der Waals surface area contributed by atoms with Crippen LogP contribution in [0.5, 0.6) is 5.75 Å². The van der Waals surface area contributed by atoms with E-state index < -0.39 is 5.72 Å². The number of fused-ring (bicyclic) bond motifs is 2. The summed E-state index contributed by atoms with van der Waals surface area (Å²) >= 11 is 0. The number of benzene rings is 1.